The summed E-state index contributed by atoms with van der Waals surface area (Å²) in [4.78, 5) is 18.2. The molecule has 17 heavy (non-hydrogen) atoms. The summed E-state index contributed by atoms with van der Waals surface area (Å²) in [7, 11) is 1.74. The van der Waals surface area contributed by atoms with Gasteiger partial charge in [0, 0.05) is 32.5 Å². The molecule has 2 rings (SSSR count). The molecule has 1 aliphatic rings. The fourth-order valence-electron chi connectivity index (χ4n) is 2.23. The van der Waals surface area contributed by atoms with Gasteiger partial charge in [0.15, 0.2) is 5.82 Å². The summed E-state index contributed by atoms with van der Waals surface area (Å²) in [5, 5.41) is 3.17. The molecule has 1 unspecified atom stereocenters. The van der Waals surface area contributed by atoms with Crippen LogP contribution in [0.4, 0.5) is 5.82 Å². The number of aromatic nitrogens is 2. The minimum atomic E-state index is -0.0576. The van der Waals surface area contributed by atoms with E-state index in [1.54, 1.807) is 24.0 Å². The Bertz CT molecular complexity index is 429. The summed E-state index contributed by atoms with van der Waals surface area (Å²) in [5.74, 6) is 1.09. The molecule has 0 aliphatic carbocycles. The predicted octanol–water partition coefficient (Wildman–Crippen LogP) is 0.534. The Morgan fingerprint density at radius 1 is 1.59 bits per heavy atom. The van der Waals surface area contributed by atoms with Gasteiger partial charge in [-0.3, -0.25) is 4.79 Å². The van der Waals surface area contributed by atoms with Crippen LogP contribution in [0.2, 0.25) is 0 Å². The third-order valence-electron chi connectivity index (χ3n) is 3.39. The van der Waals surface area contributed by atoms with Crippen LogP contribution in [0.3, 0.4) is 0 Å². The molecule has 5 nitrogen and oxygen atoms in total. The van der Waals surface area contributed by atoms with Crippen molar-refractivity contribution in [2.45, 2.75) is 13.3 Å². The highest BCUT2D eigenvalue weighted by atomic mass is 16.1. The topological polar surface area (TPSA) is 50.2 Å². The first-order valence-electron chi connectivity index (χ1n) is 6.18. The van der Waals surface area contributed by atoms with E-state index in [4.69, 9.17) is 0 Å². The largest absolute Gasteiger partial charge is 0.365 e. The number of anilines is 1. The number of likely N-dealkylation sites (tertiary alicyclic amines) is 1. The Morgan fingerprint density at radius 3 is 3.12 bits per heavy atom. The number of rotatable bonds is 4. The molecule has 5 heteroatoms. The van der Waals surface area contributed by atoms with E-state index in [0.717, 1.165) is 19.6 Å². The number of aryl methyl sites for hydroxylation is 1. The lowest BCUT2D eigenvalue weighted by molar-refractivity contribution is 0.345. The van der Waals surface area contributed by atoms with E-state index < -0.39 is 0 Å². The van der Waals surface area contributed by atoms with Crippen LogP contribution in [0.5, 0.6) is 0 Å². The van der Waals surface area contributed by atoms with Crippen molar-refractivity contribution in [3.63, 3.8) is 0 Å². The van der Waals surface area contributed by atoms with E-state index in [-0.39, 0.29) is 5.56 Å². The van der Waals surface area contributed by atoms with Gasteiger partial charge in [0.1, 0.15) is 0 Å². The summed E-state index contributed by atoms with van der Waals surface area (Å²) >= 11 is 0. The molecule has 1 aliphatic heterocycles. The number of nitrogens with zero attached hydrogens (tertiary/aromatic N) is 3. The van der Waals surface area contributed by atoms with Crippen molar-refractivity contribution in [3.8, 4) is 0 Å². The highest BCUT2D eigenvalue weighted by molar-refractivity contribution is 5.30. The molecule has 1 aromatic heterocycles. The molecule has 2 heterocycles. The van der Waals surface area contributed by atoms with Crippen molar-refractivity contribution in [1.82, 2.24) is 14.5 Å². The summed E-state index contributed by atoms with van der Waals surface area (Å²) < 4.78 is 1.54. The summed E-state index contributed by atoms with van der Waals surface area (Å²) in [6.45, 7) is 6.43. The second-order valence-corrected chi connectivity index (χ2v) is 4.62. The third-order valence-corrected chi connectivity index (χ3v) is 3.39. The lowest BCUT2D eigenvalue weighted by Crippen LogP contribution is -2.26. The zero-order chi connectivity index (χ0) is 12.3. The van der Waals surface area contributed by atoms with Gasteiger partial charge in [0.25, 0.3) is 5.56 Å². The fraction of sp³-hybridized carbons (Fsp3) is 0.667. The molecule has 1 N–H and O–H groups in total. The van der Waals surface area contributed by atoms with Crippen molar-refractivity contribution in [2.75, 3.05) is 31.5 Å². The molecule has 1 atom stereocenters. The maximum Gasteiger partial charge on any atom is 0.293 e. The van der Waals surface area contributed by atoms with Crippen LogP contribution in [0.25, 0.3) is 0 Å². The summed E-state index contributed by atoms with van der Waals surface area (Å²) in [6.07, 6.45) is 4.52. The minimum Gasteiger partial charge on any atom is -0.365 e. The van der Waals surface area contributed by atoms with Crippen LogP contribution in [-0.4, -0.2) is 40.6 Å². The van der Waals surface area contributed by atoms with Gasteiger partial charge in [0.2, 0.25) is 0 Å². The molecule has 0 aromatic carbocycles. The van der Waals surface area contributed by atoms with Gasteiger partial charge >= 0.3 is 0 Å². The Hall–Kier alpha value is -1.36. The fourth-order valence-corrected chi connectivity index (χ4v) is 2.23. The van der Waals surface area contributed by atoms with E-state index >= 15 is 0 Å². The highest BCUT2D eigenvalue weighted by Crippen LogP contribution is 2.15. The zero-order valence-electron chi connectivity index (χ0n) is 10.5. The standard InChI is InChI=1S/C12H20N4O/c1-3-16-6-4-10(9-16)8-14-11-12(17)15(2)7-5-13-11/h5,7,10H,3-4,6,8-9H2,1-2H3,(H,13,14). The molecule has 1 aromatic rings. The minimum absolute atomic E-state index is 0.0576. The van der Waals surface area contributed by atoms with Crippen LogP contribution in [0.1, 0.15) is 13.3 Å². The van der Waals surface area contributed by atoms with Crippen LogP contribution in [0, 0.1) is 5.92 Å². The molecular formula is C12H20N4O. The third kappa shape index (κ3) is 2.85. The van der Waals surface area contributed by atoms with Crippen molar-refractivity contribution in [3.05, 3.63) is 22.7 Å². The van der Waals surface area contributed by atoms with Crippen molar-refractivity contribution in [2.24, 2.45) is 13.0 Å². The Labute approximate surface area is 101 Å². The Kier molecular flexibility index (Phi) is 3.78. The second kappa shape index (κ2) is 5.31. The monoisotopic (exact) mass is 236 g/mol. The number of nitrogens with one attached hydrogen (secondary N) is 1. The van der Waals surface area contributed by atoms with Crippen LogP contribution in [0.15, 0.2) is 17.2 Å². The van der Waals surface area contributed by atoms with Crippen LogP contribution >= 0.6 is 0 Å². The maximum absolute atomic E-state index is 11.7. The van der Waals surface area contributed by atoms with E-state index in [1.807, 2.05) is 0 Å². The molecular weight excluding hydrogens is 216 g/mol. The normalized spacial score (nSPS) is 20.7. The van der Waals surface area contributed by atoms with E-state index in [9.17, 15) is 4.79 Å². The Balaban J connectivity index is 1.90. The van der Waals surface area contributed by atoms with Gasteiger partial charge in [0.05, 0.1) is 0 Å². The smallest absolute Gasteiger partial charge is 0.293 e. The van der Waals surface area contributed by atoms with Gasteiger partial charge < -0.3 is 14.8 Å². The van der Waals surface area contributed by atoms with Gasteiger partial charge in [-0.1, -0.05) is 6.92 Å². The van der Waals surface area contributed by atoms with Crippen molar-refractivity contribution < 1.29 is 0 Å². The lowest BCUT2D eigenvalue weighted by atomic mass is 10.1. The quantitative estimate of drug-likeness (QED) is 0.828. The predicted molar refractivity (Wildman–Crippen MR) is 68.2 cm³/mol. The van der Waals surface area contributed by atoms with Gasteiger partial charge in [-0.2, -0.15) is 0 Å². The van der Waals surface area contributed by atoms with Crippen molar-refractivity contribution in [1.29, 1.82) is 0 Å². The lowest BCUT2D eigenvalue weighted by Gasteiger charge is -2.13. The average molecular weight is 236 g/mol. The first kappa shape index (κ1) is 12.1. The molecule has 0 amide bonds. The first-order valence-corrected chi connectivity index (χ1v) is 6.18. The van der Waals surface area contributed by atoms with E-state index in [2.05, 4.69) is 22.1 Å². The average Bonchev–Trinajstić information content (AvgIpc) is 2.79. The number of hydrogen-bond acceptors (Lipinski definition) is 4. The maximum atomic E-state index is 11.7. The first-order chi connectivity index (χ1) is 8.20. The summed E-state index contributed by atoms with van der Waals surface area (Å²) in [5.41, 5.74) is -0.0576. The second-order valence-electron chi connectivity index (χ2n) is 4.62. The van der Waals surface area contributed by atoms with Crippen LogP contribution in [-0.2, 0) is 7.05 Å². The molecule has 0 radical (unpaired) electrons. The molecule has 94 valence electrons. The Morgan fingerprint density at radius 2 is 2.41 bits per heavy atom. The van der Waals surface area contributed by atoms with Crippen LogP contribution < -0.4 is 10.9 Å². The highest BCUT2D eigenvalue weighted by Gasteiger charge is 2.21. The molecule has 0 spiro atoms. The van der Waals surface area contributed by atoms with Gasteiger partial charge in [-0.05, 0) is 25.4 Å². The zero-order valence-corrected chi connectivity index (χ0v) is 10.5. The molecule has 0 bridgehead atoms. The van der Waals surface area contributed by atoms with Gasteiger partial charge in [-0.25, -0.2) is 4.98 Å². The molecule has 1 saturated heterocycles. The van der Waals surface area contributed by atoms with E-state index in [1.165, 1.54) is 13.0 Å². The molecule has 0 saturated carbocycles. The van der Waals surface area contributed by atoms with E-state index in [0.29, 0.717) is 11.7 Å². The van der Waals surface area contributed by atoms with Gasteiger partial charge in [-0.15, -0.1) is 0 Å². The van der Waals surface area contributed by atoms with Crippen molar-refractivity contribution >= 4 is 5.82 Å². The molecule has 1 fully saturated rings. The SMILES string of the molecule is CCN1CCC(CNc2nccn(C)c2=O)C1. The summed E-state index contributed by atoms with van der Waals surface area (Å²) in [6, 6.07) is 0. The number of hydrogen-bond donors (Lipinski definition) is 1.